The highest BCUT2D eigenvalue weighted by molar-refractivity contribution is 7.80. The molecule has 0 fully saturated rings. The van der Waals surface area contributed by atoms with Crippen LogP contribution in [0.25, 0.3) is 0 Å². The molecule has 0 saturated heterocycles. The van der Waals surface area contributed by atoms with Gasteiger partial charge in [-0.05, 0) is 73.1 Å². The van der Waals surface area contributed by atoms with Crippen LogP contribution in [0.2, 0.25) is 0 Å². The summed E-state index contributed by atoms with van der Waals surface area (Å²) in [4.78, 5) is 24.6. The Kier molecular flexibility index (Phi) is 11.2. The summed E-state index contributed by atoms with van der Waals surface area (Å²) in [5.74, 6) is 1.06. The van der Waals surface area contributed by atoms with Crippen LogP contribution >= 0.6 is 12.2 Å². The van der Waals surface area contributed by atoms with Gasteiger partial charge in [-0.15, -0.1) is 0 Å². The van der Waals surface area contributed by atoms with Crippen molar-refractivity contribution in [1.82, 2.24) is 16.2 Å². The minimum atomic E-state index is -0.391. The van der Waals surface area contributed by atoms with E-state index in [1.807, 2.05) is 0 Å². The van der Waals surface area contributed by atoms with Gasteiger partial charge >= 0.3 is 0 Å². The van der Waals surface area contributed by atoms with Crippen LogP contribution in [0.15, 0.2) is 48.5 Å². The number of hydrogen-bond donors (Lipinski definition) is 3. The third kappa shape index (κ3) is 9.91. The van der Waals surface area contributed by atoms with Gasteiger partial charge in [0.05, 0.1) is 13.2 Å². The van der Waals surface area contributed by atoms with E-state index in [9.17, 15) is 9.59 Å². The Morgan fingerprint density at radius 2 is 1.39 bits per heavy atom. The maximum Gasteiger partial charge on any atom is 0.269 e. The predicted molar refractivity (Wildman–Crippen MR) is 134 cm³/mol. The van der Waals surface area contributed by atoms with Gasteiger partial charge in [-0.3, -0.25) is 25.8 Å². The monoisotopic (exact) mass is 471 g/mol. The molecule has 0 saturated carbocycles. The Balaban J connectivity index is 1.73. The Labute approximate surface area is 201 Å². The molecule has 0 radical (unpaired) electrons. The van der Waals surface area contributed by atoms with E-state index in [4.69, 9.17) is 21.7 Å². The number of rotatable bonds is 11. The van der Waals surface area contributed by atoms with Crippen molar-refractivity contribution in [2.75, 3.05) is 13.2 Å². The molecule has 7 nitrogen and oxygen atoms in total. The van der Waals surface area contributed by atoms with Gasteiger partial charge in [-0.2, -0.15) is 0 Å². The van der Waals surface area contributed by atoms with E-state index < -0.39 is 5.91 Å². The lowest BCUT2D eigenvalue weighted by atomic mass is 10.2. The van der Waals surface area contributed by atoms with Gasteiger partial charge in [0.15, 0.2) is 5.11 Å². The summed E-state index contributed by atoms with van der Waals surface area (Å²) in [5, 5.41) is 2.51. The second kappa shape index (κ2) is 14.1. The molecule has 0 bridgehead atoms. The largest absolute Gasteiger partial charge is 0.494 e. The van der Waals surface area contributed by atoms with E-state index in [1.54, 1.807) is 48.5 Å². The quantitative estimate of drug-likeness (QED) is 0.252. The zero-order chi connectivity index (χ0) is 24.1. The van der Waals surface area contributed by atoms with E-state index in [-0.39, 0.29) is 11.0 Å². The third-order valence-electron chi connectivity index (χ3n) is 4.60. The summed E-state index contributed by atoms with van der Waals surface area (Å²) in [6.07, 6.45) is 4.56. The number of hydrogen-bond acceptors (Lipinski definition) is 5. The summed E-state index contributed by atoms with van der Waals surface area (Å²) < 4.78 is 11.3. The molecule has 0 aliphatic heterocycles. The highest BCUT2D eigenvalue weighted by Crippen LogP contribution is 2.14. The van der Waals surface area contributed by atoms with Gasteiger partial charge in [0, 0.05) is 11.1 Å². The lowest BCUT2D eigenvalue weighted by Crippen LogP contribution is -2.48. The van der Waals surface area contributed by atoms with Crippen molar-refractivity contribution in [3.63, 3.8) is 0 Å². The molecule has 2 rings (SSSR count). The van der Waals surface area contributed by atoms with Gasteiger partial charge in [-0.25, -0.2) is 0 Å². The summed E-state index contributed by atoms with van der Waals surface area (Å²) in [6.45, 7) is 7.56. The molecule has 0 heterocycles. The number of benzene rings is 2. The molecule has 0 aromatic heterocycles. The van der Waals surface area contributed by atoms with Gasteiger partial charge < -0.3 is 9.47 Å². The van der Waals surface area contributed by atoms with Crippen molar-refractivity contribution >= 4 is 29.1 Å². The molecule has 0 aliphatic rings. The number of amides is 2. The molecule has 3 N–H and O–H groups in total. The first-order chi connectivity index (χ1) is 15.9. The molecule has 8 heteroatoms. The lowest BCUT2D eigenvalue weighted by molar-refractivity contribution is 0.0934. The lowest BCUT2D eigenvalue weighted by Gasteiger charge is -2.12. The standard InChI is InChI=1S/C25H33N3O4S/c1-4-5-6-7-16-31-21-12-10-20(11-13-21)24(30)27-28-25(33)26-23(29)19-8-14-22(15-9-19)32-17-18(2)3/h8-15,18H,4-7,16-17H2,1-3H3,(H,27,30)(H2,26,28,29,33). The van der Waals surface area contributed by atoms with Crippen molar-refractivity contribution < 1.29 is 19.1 Å². The molecule has 0 atom stereocenters. The zero-order valence-electron chi connectivity index (χ0n) is 19.5. The number of carbonyl (C=O) groups is 2. The third-order valence-corrected chi connectivity index (χ3v) is 4.80. The SMILES string of the molecule is CCCCCCOc1ccc(C(=O)NNC(=S)NC(=O)c2ccc(OCC(C)C)cc2)cc1. The van der Waals surface area contributed by atoms with Crippen molar-refractivity contribution in [3.8, 4) is 11.5 Å². The summed E-state index contributed by atoms with van der Waals surface area (Å²) in [6, 6.07) is 13.6. The van der Waals surface area contributed by atoms with Gasteiger partial charge in [-0.1, -0.05) is 40.0 Å². The topological polar surface area (TPSA) is 88.7 Å². The molecule has 0 spiro atoms. The van der Waals surface area contributed by atoms with Gasteiger partial charge in [0.25, 0.3) is 11.8 Å². The van der Waals surface area contributed by atoms with Crippen LogP contribution < -0.4 is 25.6 Å². The Hall–Kier alpha value is -3.13. The fourth-order valence-corrected chi connectivity index (χ4v) is 2.92. The molecule has 178 valence electrons. The highest BCUT2D eigenvalue weighted by atomic mass is 32.1. The maximum absolute atomic E-state index is 12.3. The fraction of sp³-hybridized carbons (Fsp3) is 0.400. The van der Waals surface area contributed by atoms with Crippen LogP contribution in [-0.2, 0) is 0 Å². The number of carbonyl (C=O) groups excluding carboxylic acids is 2. The zero-order valence-corrected chi connectivity index (χ0v) is 20.3. The van der Waals surface area contributed by atoms with E-state index in [2.05, 4.69) is 36.9 Å². The van der Waals surface area contributed by atoms with Crippen LogP contribution in [0.5, 0.6) is 11.5 Å². The maximum atomic E-state index is 12.3. The van der Waals surface area contributed by atoms with Crippen LogP contribution in [0.3, 0.4) is 0 Å². The molecule has 2 amide bonds. The van der Waals surface area contributed by atoms with Crippen LogP contribution in [0, 0.1) is 5.92 Å². The summed E-state index contributed by atoms with van der Waals surface area (Å²) in [5.41, 5.74) is 5.87. The average molecular weight is 472 g/mol. The minimum Gasteiger partial charge on any atom is -0.494 e. The van der Waals surface area contributed by atoms with Crippen LogP contribution in [0.4, 0.5) is 0 Å². The summed E-state index contributed by atoms with van der Waals surface area (Å²) >= 11 is 5.09. The Bertz CT molecular complexity index is 899. The molecule has 0 unspecified atom stereocenters. The number of thiocarbonyl (C=S) groups is 1. The van der Waals surface area contributed by atoms with E-state index in [0.29, 0.717) is 36.0 Å². The molecular weight excluding hydrogens is 438 g/mol. The Morgan fingerprint density at radius 3 is 1.97 bits per heavy atom. The van der Waals surface area contributed by atoms with E-state index >= 15 is 0 Å². The second-order valence-electron chi connectivity index (χ2n) is 8.03. The molecule has 33 heavy (non-hydrogen) atoms. The molecule has 0 aliphatic carbocycles. The van der Waals surface area contributed by atoms with Crippen molar-refractivity contribution in [2.45, 2.75) is 46.5 Å². The molecule has 2 aromatic carbocycles. The predicted octanol–water partition coefficient (Wildman–Crippen LogP) is 4.63. The highest BCUT2D eigenvalue weighted by Gasteiger charge is 2.10. The molecular formula is C25H33N3O4S. The van der Waals surface area contributed by atoms with Crippen molar-refractivity contribution in [2.24, 2.45) is 5.92 Å². The number of nitrogens with one attached hydrogen (secondary N) is 3. The first kappa shape index (κ1) is 26.1. The average Bonchev–Trinajstić information content (AvgIpc) is 2.81. The van der Waals surface area contributed by atoms with Crippen molar-refractivity contribution in [3.05, 3.63) is 59.7 Å². The van der Waals surface area contributed by atoms with E-state index in [1.165, 1.54) is 12.8 Å². The fourth-order valence-electron chi connectivity index (χ4n) is 2.78. The normalized spacial score (nSPS) is 10.4. The van der Waals surface area contributed by atoms with Crippen LogP contribution in [0.1, 0.15) is 67.2 Å². The van der Waals surface area contributed by atoms with Gasteiger partial charge in [0.2, 0.25) is 0 Å². The Morgan fingerprint density at radius 1 is 0.818 bits per heavy atom. The second-order valence-corrected chi connectivity index (χ2v) is 8.43. The van der Waals surface area contributed by atoms with Gasteiger partial charge in [0.1, 0.15) is 11.5 Å². The van der Waals surface area contributed by atoms with E-state index in [0.717, 1.165) is 18.6 Å². The first-order valence-electron chi connectivity index (χ1n) is 11.3. The van der Waals surface area contributed by atoms with Crippen LogP contribution in [-0.4, -0.2) is 30.1 Å². The smallest absolute Gasteiger partial charge is 0.269 e. The number of ether oxygens (including phenoxy) is 2. The molecule has 2 aromatic rings. The summed E-state index contributed by atoms with van der Waals surface area (Å²) in [7, 11) is 0. The minimum absolute atomic E-state index is 0.0134. The van der Waals surface area contributed by atoms with Crippen molar-refractivity contribution in [1.29, 1.82) is 0 Å². The number of hydrazine groups is 1. The first-order valence-corrected chi connectivity index (χ1v) is 11.7. The number of unbranched alkanes of at least 4 members (excludes halogenated alkanes) is 3.